The number of hydrogen-bond acceptors (Lipinski definition) is 6. The smallest absolute Gasteiger partial charge is 0.416 e. The molecule has 0 bridgehead atoms. The number of ether oxygens (including phenoxy) is 2. The van der Waals surface area contributed by atoms with Crippen LogP contribution in [0.3, 0.4) is 0 Å². The third kappa shape index (κ3) is 8.53. The number of hydrogen-bond donors (Lipinski definition) is 0. The molecule has 232 valence electrons. The third-order valence-corrected chi connectivity index (χ3v) is 7.78. The second-order valence-electron chi connectivity index (χ2n) is 11.1. The van der Waals surface area contributed by atoms with Crippen molar-refractivity contribution in [2.24, 2.45) is 0 Å². The Bertz CT molecular complexity index is 1330. The van der Waals surface area contributed by atoms with Crippen molar-refractivity contribution in [2.75, 3.05) is 4.90 Å². The van der Waals surface area contributed by atoms with Crippen LogP contribution < -0.4 is 9.64 Å². The van der Waals surface area contributed by atoms with Gasteiger partial charge in [0, 0.05) is 29.7 Å². The highest BCUT2D eigenvalue weighted by Gasteiger charge is 2.41. The van der Waals surface area contributed by atoms with Gasteiger partial charge in [-0.05, 0) is 68.9 Å². The van der Waals surface area contributed by atoms with Gasteiger partial charge < -0.3 is 19.3 Å². The van der Waals surface area contributed by atoms with Gasteiger partial charge in [0.1, 0.15) is 6.61 Å². The summed E-state index contributed by atoms with van der Waals surface area (Å²) >= 11 is 6.14. The number of amides is 1. The Balaban J connectivity index is 1.65. The number of nitrogens with zero attached hydrogens (tertiary/aromatic N) is 4. The van der Waals surface area contributed by atoms with E-state index >= 15 is 0 Å². The SMILES string of the molecule is CC[C@@H]1C[C@H](N(Cc2cc(Cl)cc(C(F)(F)F)c2)c2ncc(OCc3ccccc3)cn2)C[C@H](CC)N1C(=O)OC(C)C. The zero-order valence-corrected chi connectivity index (χ0v) is 25.6. The maximum atomic E-state index is 13.6. The average Bonchev–Trinajstić information content (AvgIpc) is 2.98. The molecule has 1 aliphatic rings. The maximum absolute atomic E-state index is 13.6. The number of piperidine rings is 1. The number of alkyl halides is 3. The lowest BCUT2D eigenvalue weighted by molar-refractivity contribution is -0.137. The molecular weight excluding hydrogens is 581 g/mol. The quantitative estimate of drug-likeness (QED) is 0.228. The average molecular weight is 619 g/mol. The number of carbonyl (C=O) groups is 1. The lowest BCUT2D eigenvalue weighted by Gasteiger charge is -2.47. The molecule has 0 saturated carbocycles. The Hall–Kier alpha value is -3.53. The summed E-state index contributed by atoms with van der Waals surface area (Å²) in [5.41, 5.74) is 0.564. The molecule has 7 nitrogen and oxygen atoms in total. The minimum absolute atomic E-state index is 0.000488. The summed E-state index contributed by atoms with van der Waals surface area (Å²) in [6.45, 7) is 8.11. The molecule has 0 spiro atoms. The molecule has 0 aliphatic carbocycles. The summed E-state index contributed by atoms with van der Waals surface area (Å²) in [6.07, 6.45) is 0.528. The fraction of sp³-hybridized carbons (Fsp3) is 0.469. The third-order valence-electron chi connectivity index (χ3n) is 7.56. The van der Waals surface area contributed by atoms with Gasteiger partial charge in [0.25, 0.3) is 0 Å². The highest BCUT2D eigenvalue weighted by molar-refractivity contribution is 6.30. The highest BCUT2D eigenvalue weighted by atomic mass is 35.5. The summed E-state index contributed by atoms with van der Waals surface area (Å²) < 4.78 is 52.4. The Morgan fingerprint density at radius 1 is 1.02 bits per heavy atom. The second-order valence-corrected chi connectivity index (χ2v) is 11.5. The van der Waals surface area contributed by atoms with Gasteiger partial charge in [0.05, 0.1) is 24.1 Å². The molecule has 4 rings (SSSR count). The first-order chi connectivity index (χ1) is 20.5. The van der Waals surface area contributed by atoms with E-state index in [9.17, 15) is 18.0 Å². The van der Waals surface area contributed by atoms with Crippen molar-refractivity contribution in [3.05, 3.63) is 82.6 Å². The summed E-state index contributed by atoms with van der Waals surface area (Å²) in [7, 11) is 0. The van der Waals surface area contributed by atoms with Crippen molar-refractivity contribution in [2.45, 2.75) is 96.9 Å². The predicted molar refractivity (Wildman–Crippen MR) is 160 cm³/mol. The van der Waals surface area contributed by atoms with E-state index in [1.165, 1.54) is 6.07 Å². The zero-order chi connectivity index (χ0) is 31.1. The van der Waals surface area contributed by atoms with Gasteiger partial charge >= 0.3 is 12.3 Å². The van der Waals surface area contributed by atoms with Gasteiger partial charge in [-0.1, -0.05) is 55.8 Å². The van der Waals surface area contributed by atoms with E-state index in [4.69, 9.17) is 21.1 Å². The molecule has 43 heavy (non-hydrogen) atoms. The summed E-state index contributed by atoms with van der Waals surface area (Å²) in [6, 6.07) is 12.8. The molecule has 11 heteroatoms. The van der Waals surface area contributed by atoms with Gasteiger partial charge in [0.2, 0.25) is 5.95 Å². The number of rotatable bonds is 10. The molecule has 0 N–H and O–H groups in total. The van der Waals surface area contributed by atoms with Crippen LogP contribution in [0.4, 0.5) is 23.9 Å². The first-order valence-corrected chi connectivity index (χ1v) is 15.0. The number of anilines is 1. The molecule has 2 aromatic carbocycles. The molecule has 0 radical (unpaired) electrons. The van der Waals surface area contributed by atoms with E-state index in [1.54, 1.807) is 12.4 Å². The van der Waals surface area contributed by atoms with E-state index in [-0.39, 0.29) is 41.9 Å². The normalized spacial score (nSPS) is 18.9. The van der Waals surface area contributed by atoms with Crippen LogP contribution in [0.25, 0.3) is 0 Å². The van der Waals surface area contributed by atoms with Gasteiger partial charge in [0.15, 0.2) is 5.75 Å². The van der Waals surface area contributed by atoms with Crippen molar-refractivity contribution in [3.8, 4) is 5.75 Å². The van der Waals surface area contributed by atoms with Gasteiger partial charge in [-0.25, -0.2) is 14.8 Å². The molecule has 0 unspecified atom stereocenters. The largest absolute Gasteiger partial charge is 0.486 e. The van der Waals surface area contributed by atoms with E-state index < -0.39 is 11.7 Å². The molecule has 3 aromatic rings. The number of carbonyl (C=O) groups excluding carboxylic acids is 1. The van der Waals surface area contributed by atoms with Crippen LogP contribution in [-0.2, 0) is 24.1 Å². The van der Waals surface area contributed by atoms with E-state index in [1.807, 2.05) is 67.8 Å². The van der Waals surface area contributed by atoms with Crippen molar-refractivity contribution >= 4 is 23.6 Å². The Kier molecular flexibility index (Phi) is 10.8. The van der Waals surface area contributed by atoms with Crippen molar-refractivity contribution in [3.63, 3.8) is 0 Å². The second kappa shape index (κ2) is 14.3. The number of benzene rings is 2. The van der Waals surface area contributed by atoms with Crippen LogP contribution in [0, 0.1) is 0 Å². The van der Waals surface area contributed by atoms with Crippen LogP contribution >= 0.6 is 11.6 Å². The van der Waals surface area contributed by atoms with Crippen molar-refractivity contribution < 1.29 is 27.4 Å². The summed E-state index contributed by atoms with van der Waals surface area (Å²) in [5, 5.41) is -0.000488. The van der Waals surface area contributed by atoms with E-state index in [0.717, 1.165) is 17.7 Å². The highest BCUT2D eigenvalue weighted by Crippen LogP contribution is 2.36. The molecule has 1 fully saturated rings. The molecule has 3 atom stereocenters. The first kappa shape index (κ1) is 32.4. The predicted octanol–water partition coefficient (Wildman–Crippen LogP) is 8.30. The molecule has 1 amide bonds. The van der Waals surface area contributed by atoms with Crippen LogP contribution in [0.5, 0.6) is 5.75 Å². The zero-order valence-electron chi connectivity index (χ0n) is 24.9. The number of halogens is 4. The minimum Gasteiger partial charge on any atom is -0.486 e. The van der Waals surface area contributed by atoms with Crippen LogP contribution in [-0.4, -0.2) is 45.2 Å². The summed E-state index contributed by atoms with van der Waals surface area (Å²) in [5.74, 6) is 0.826. The monoisotopic (exact) mass is 618 g/mol. The molecular formula is C32H38ClF3N4O3. The van der Waals surface area contributed by atoms with Gasteiger partial charge in [-0.3, -0.25) is 0 Å². The Morgan fingerprint density at radius 2 is 1.65 bits per heavy atom. The number of likely N-dealkylation sites (tertiary alicyclic amines) is 1. The van der Waals surface area contributed by atoms with Crippen molar-refractivity contribution in [1.29, 1.82) is 0 Å². The topological polar surface area (TPSA) is 67.8 Å². The molecule has 2 heterocycles. The fourth-order valence-electron chi connectivity index (χ4n) is 5.53. The van der Waals surface area contributed by atoms with E-state index in [0.29, 0.717) is 49.6 Å². The lowest BCUT2D eigenvalue weighted by atomic mass is 9.87. The lowest BCUT2D eigenvalue weighted by Crippen LogP contribution is -2.57. The van der Waals surface area contributed by atoms with Crippen LogP contribution in [0.15, 0.2) is 60.9 Å². The molecule has 1 aromatic heterocycles. The maximum Gasteiger partial charge on any atom is 0.416 e. The summed E-state index contributed by atoms with van der Waals surface area (Å²) in [4.78, 5) is 26.0. The Morgan fingerprint density at radius 3 is 2.21 bits per heavy atom. The minimum atomic E-state index is -4.54. The van der Waals surface area contributed by atoms with Crippen LogP contribution in [0.1, 0.15) is 70.1 Å². The number of aromatic nitrogens is 2. The van der Waals surface area contributed by atoms with Crippen molar-refractivity contribution in [1.82, 2.24) is 14.9 Å². The van der Waals surface area contributed by atoms with Gasteiger partial charge in [-0.2, -0.15) is 13.2 Å². The van der Waals surface area contributed by atoms with Crippen LogP contribution in [0.2, 0.25) is 5.02 Å². The Labute approximate surface area is 256 Å². The molecule has 1 aliphatic heterocycles. The molecule has 1 saturated heterocycles. The first-order valence-electron chi connectivity index (χ1n) is 14.6. The van der Waals surface area contributed by atoms with E-state index in [2.05, 4.69) is 9.97 Å². The fourth-order valence-corrected chi connectivity index (χ4v) is 5.79. The van der Waals surface area contributed by atoms with Gasteiger partial charge in [-0.15, -0.1) is 0 Å². The standard InChI is InChI=1S/C32H38ClF3N4O3/c1-5-26-15-28(16-27(6-2)40(26)31(41)43-21(3)4)39(19-23-12-24(32(34,35)36)14-25(33)13-23)30-37-17-29(18-38-30)42-20-22-10-8-7-9-11-22/h7-14,17-18,21,26-28H,5-6,15-16,19-20H2,1-4H3/t26-,27+,28+.